The van der Waals surface area contributed by atoms with Crippen LogP contribution in [0.25, 0.3) is 10.9 Å². The molecule has 11 unspecified atom stereocenters. The van der Waals surface area contributed by atoms with E-state index in [1.54, 1.807) is 6.07 Å². The zero-order valence-electron chi connectivity index (χ0n) is 36.7. The maximum atomic E-state index is 14.1. The van der Waals surface area contributed by atoms with E-state index in [1.807, 2.05) is 31.2 Å². The molecule has 0 amide bonds. The van der Waals surface area contributed by atoms with Gasteiger partial charge in [0.25, 0.3) is 0 Å². The number of phenols is 1. The van der Waals surface area contributed by atoms with Crippen LogP contribution in [0.4, 0.5) is 0 Å². The Hall–Kier alpha value is -5.27. The minimum atomic E-state index is -1.10. The number of phenolic OH excluding ortho intramolecular Hbond substituents is 1. The van der Waals surface area contributed by atoms with Crippen molar-refractivity contribution in [3.05, 3.63) is 101 Å². The van der Waals surface area contributed by atoms with E-state index in [2.05, 4.69) is 76.4 Å². The number of aliphatic hydroxyl groups is 3. The number of hydrogen-bond acceptors (Lipinski definition) is 9. The first kappa shape index (κ1) is 42.7. The highest BCUT2D eigenvalue weighted by molar-refractivity contribution is 5.85. The average molecular weight is 865 g/mol. The highest BCUT2D eigenvalue weighted by Gasteiger charge is 2.47. The van der Waals surface area contributed by atoms with Crippen molar-refractivity contribution in [2.24, 2.45) is 34.8 Å². The number of nitrogens with two attached hydrogens (primary N) is 1. The molecule has 334 valence electrons. The van der Waals surface area contributed by atoms with Gasteiger partial charge >= 0.3 is 0 Å². The normalized spacial score (nSPS) is 29.1. The van der Waals surface area contributed by atoms with E-state index in [-0.39, 0.29) is 54.0 Å². The number of aromatic amines is 1. The van der Waals surface area contributed by atoms with Gasteiger partial charge in [-0.2, -0.15) is 0 Å². The van der Waals surface area contributed by atoms with E-state index in [1.165, 1.54) is 6.07 Å². The molecule has 3 aliphatic carbocycles. The van der Waals surface area contributed by atoms with Crippen LogP contribution in [-0.4, -0.2) is 54.5 Å². The number of aryl methyl sites for hydroxylation is 1. The third-order valence-electron chi connectivity index (χ3n) is 15.2. The zero-order valence-corrected chi connectivity index (χ0v) is 36.7. The summed E-state index contributed by atoms with van der Waals surface area (Å²) in [5.74, 6) is 9.34. The van der Waals surface area contributed by atoms with Gasteiger partial charge in [0, 0.05) is 66.7 Å². The average Bonchev–Trinajstić information content (AvgIpc) is 4.04. The van der Waals surface area contributed by atoms with Crippen molar-refractivity contribution in [2.45, 2.75) is 127 Å². The van der Waals surface area contributed by atoms with E-state index in [0.29, 0.717) is 30.7 Å². The molecule has 11 nitrogen and oxygen atoms in total. The fourth-order valence-corrected chi connectivity index (χ4v) is 11.7. The molecule has 2 aromatic carbocycles. The van der Waals surface area contributed by atoms with Gasteiger partial charge < -0.3 is 45.2 Å². The summed E-state index contributed by atoms with van der Waals surface area (Å²) in [6.07, 6.45) is 21.2. The number of hydrogen-bond donors (Lipinski definition) is 7. The maximum Gasteiger partial charge on any atom is 0.191 e. The second-order valence-electron chi connectivity index (χ2n) is 19.3. The molecule has 10 rings (SSSR count). The SMILES string of the molecule is CCCCCC(C(=O)CCc1cc2c(cc1O)OC#CC1(CCCC1)C1C#CC(O)c3ccc4c5c3C(C=CC5CNC4N)c3c[nH]c4cn(cc34)C1O2)C(O)C1C=CC(C)CC1O. The van der Waals surface area contributed by atoms with Crippen molar-refractivity contribution in [2.75, 3.05) is 6.54 Å². The third kappa shape index (κ3) is 7.55. The number of nitrogens with one attached hydrogen (secondary N) is 2. The highest BCUT2D eigenvalue weighted by atomic mass is 16.5. The van der Waals surface area contributed by atoms with E-state index < -0.39 is 47.7 Å². The Bertz CT molecular complexity index is 2630. The van der Waals surface area contributed by atoms with Gasteiger partial charge in [0.15, 0.2) is 17.7 Å². The van der Waals surface area contributed by atoms with Crippen molar-refractivity contribution in [3.8, 4) is 41.1 Å². The molecule has 1 saturated carbocycles. The lowest BCUT2D eigenvalue weighted by Crippen LogP contribution is -2.41. The summed E-state index contributed by atoms with van der Waals surface area (Å²) in [6.45, 7) is 4.85. The first-order chi connectivity index (χ1) is 31.0. The van der Waals surface area contributed by atoms with Gasteiger partial charge in [0.05, 0.1) is 35.2 Å². The number of Topliss-reactive ketones (excluding diaryl/α,β-unsaturated/α-hetero) is 1. The number of benzene rings is 2. The molecule has 1 fully saturated rings. The minimum absolute atomic E-state index is 0.0491. The summed E-state index contributed by atoms with van der Waals surface area (Å²) in [7, 11) is 0. The van der Waals surface area contributed by atoms with Crippen molar-refractivity contribution in [1.82, 2.24) is 14.9 Å². The van der Waals surface area contributed by atoms with Gasteiger partial charge in [-0.25, -0.2) is 0 Å². The highest BCUT2D eigenvalue weighted by Crippen LogP contribution is 2.52. The lowest BCUT2D eigenvalue weighted by atomic mass is 9.71. The van der Waals surface area contributed by atoms with Crippen molar-refractivity contribution in [1.29, 1.82) is 0 Å². The van der Waals surface area contributed by atoms with Crippen LogP contribution < -0.4 is 20.5 Å². The molecule has 4 aromatic rings. The smallest absolute Gasteiger partial charge is 0.191 e. The predicted octanol–water partition coefficient (Wildman–Crippen LogP) is 7.81. The molecule has 11 heteroatoms. The van der Waals surface area contributed by atoms with Gasteiger partial charge in [0.2, 0.25) is 0 Å². The minimum Gasteiger partial charge on any atom is -0.508 e. The number of aromatic nitrogens is 2. The summed E-state index contributed by atoms with van der Waals surface area (Å²) in [4.78, 5) is 17.7. The maximum absolute atomic E-state index is 14.1. The Labute approximate surface area is 375 Å². The first-order valence-corrected chi connectivity index (χ1v) is 23.5. The van der Waals surface area contributed by atoms with Crippen LogP contribution in [0.3, 0.4) is 0 Å². The summed E-state index contributed by atoms with van der Waals surface area (Å²) in [5, 5.41) is 50.7. The molecule has 2 bridgehead atoms. The number of ether oxygens (including phenoxy) is 2. The molecule has 0 radical (unpaired) electrons. The fraction of sp³-hybridized carbons (Fsp3) is 0.491. The van der Waals surface area contributed by atoms with Gasteiger partial charge in [-0.3, -0.25) is 10.1 Å². The van der Waals surface area contributed by atoms with Crippen LogP contribution >= 0.6 is 0 Å². The number of nitrogens with zero attached hydrogens (tertiary/aromatic N) is 1. The molecule has 64 heavy (non-hydrogen) atoms. The molecular weight excluding hydrogens is 805 g/mol. The Morgan fingerprint density at radius 1 is 1.02 bits per heavy atom. The molecule has 0 saturated heterocycles. The number of ketones is 1. The van der Waals surface area contributed by atoms with Gasteiger partial charge in [0.1, 0.15) is 23.7 Å². The molecule has 5 heterocycles. The number of allylic oxidation sites excluding steroid dienone is 2. The lowest BCUT2D eigenvalue weighted by Gasteiger charge is -2.37. The summed E-state index contributed by atoms with van der Waals surface area (Å²) in [5.41, 5.74) is 12.5. The Balaban J connectivity index is 1.02. The quantitative estimate of drug-likeness (QED) is 0.0477. The summed E-state index contributed by atoms with van der Waals surface area (Å²) in [6, 6.07) is 7.27. The Morgan fingerprint density at radius 3 is 2.66 bits per heavy atom. The number of aliphatic hydroxyl groups excluding tert-OH is 3. The number of rotatable bonds is 10. The van der Waals surface area contributed by atoms with Crippen LogP contribution in [0.5, 0.6) is 17.2 Å². The van der Waals surface area contributed by atoms with Crippen LogP contribution in [0.1, 0.15) is 142 Å². The summed E-state index contributed by atoms with van der Waals surface area (Å²) >= 11 is 0. The van der Waals surface area contributed by atoms with E-state index >= 15 is 0 Å². The molecule has 6 aliphatic rings. The number of carbonyl (C=O) groups is 1. The van der Waals surface area contributed by atoms with E-state index in [4.69, 9.17) is 15.2 Å². The van der Waals surface area contributed by atoms with Crippen molar-refractivity contribution >= 4 is 16.7 Å². The number of unbranched alkanes of at least 4 members (excludes halogenated alkanes) is 2. The van der Waals surface area contributed by atoms with Crippen LogP contribution in [0.15, 0.2) is 67.2 Å². The molecule has 8 N–H and O–H groups in total. The fourth-order valence-electron chi connectivity index (χ4n) is 11.7. The molecular formula is C53H60N4O7. The predicted molar refractivity (Wildman–Crippen MR) is 244 cm³/mol. The third-order valence-corrected chi connectivity index (χ3v) is 15.2. The van der Waals surface area contributed by atoms with Crippen molar-refractivity contribution in [3.63, 3.8) is 0 Å². The summed E-state index contributed by atoms with van der Waals surface area (Å²) < 4.78 is 15.4. The molecule has 1 spiro atoms. The van der Waals surface area contributed by atoms with Crippen molar-refractivity contribution < 1.29 is 34.7 Å². The van der Waals surface area contributed by atoms with E-state index in [0.717, 1.165) is 83.7 Å². The number of H-pyrrole nitrogens is 1. The van der Waals surface area contributed by atoms with Gasteiger partial charge in [-0.05, 0) is 77.5 Å². The zero-order chi connectivity index (χ0) is 44.3. The van der Waals surface area contributed by atoms with E-state index in [9.17, 15) is 25.2 Å². The van der Waals surface area contributed by atoms with Crippen LogP contribution in [-0.2, 0) is 11.2 Å². The first-order valence-electron chi connectivity index (χ1n) is 23.5. The van der Waals surface area contributed by atoms with Gasteiger partial charge in [-0.1, -0.05) is 100 Å². The number of fused-ring (bicyclic) bond motifs is 6. The standard InChI is InChI=1S/C53H60N4O7/c1-3-4-5-8-35(50(62)36-12-9-30(2)23-45(36)61)43(59)17-11-31-24-47-46(25-44(31)60)63-22-21-53(19-6-7-20-53)40-16-18-42(58)34-14-15-37-48-32(26-56-51(37)54)10-13-33(49(34)48)38-27-55-41-29-57(28-39(38)41)52(40)64-47/h9-10,12-15,24-25,27-30,32-33,35-36,40,42,45,50-52,55-56,58,60-62H,3-8,11,17,19-20,23,26,54H2,1-2H3. The Morgan fingerprint density at radius 2 is 1.84 bits per heavy atom. The second-order valence-corrected chi connectivity index (χ2v) is 19.3. The monoisotopic (exact) mass is 864 g/mol. The van der Waals surface area contributed by atoms with Crippen LogP contribution in [0, 0.1) is 53.0 Å². The second kappa shape index (κ2) is 17.3. The molecule has 3 aliphatic heterocycles. The lowest BCUT2D eigenvalue weighted by molar-refractivity contribution is -0.129. The molecule has 11 atom stereocenters. The Kier molecular flexibility index (Phi) is 11.5. The topological polar surface area (TPSA) is 175 Å². The largest absolute Gasteiger partial charge is 0.508 e. The van der Waals surface area contributed by atoms with Crippen LogP contribution in [0.2, 0.25) is 0 Å². The van der Waals surface area contributed by atoms with Gasteiger partial charge in [-0.15, -0.1) is 0 Å². The number of carbonyl (C=O) groups excluding carboxylic acids is 1. The molecule has 2 aromatic heterocycles. The number of aromatic hydroxyl groups is 1.